The van der Waals surface area contributed by atoms with Crippen LogP contribution >= 0.6 is 0 Å². The summed E-state index contributed by atoms with van der Waals surface area (Å²) in [6.45, 7) is 4.25. The first-order valence-electron chi connectivity index (χ1n) is 7.19. The normalized spacial score (nSPS) is 11.3. The molecule has 2 aromatic carbocycles. The molecule has 0 amide bonds. The van der Waals surface area contributed by atoms with Crippen molar-refractivity contribution in [2.75, 3.05) is 0 Å². The Kier molecular flexibility index (Phi) is 2.58. The molecule has 0 aliphatic rings. The van der Waals surface area contributed by atoms with Crippen LogP contribution in [0.25, 0.3) is 27.5 Å². The zero-order valence-corrected chi connectivity index (χ0v) is 12.2. The Bertz CT molecular complexity index is 950. The number of benzene rings is 2. The standard InChI is InChI=1S/C19H16N2/c1-13-16-10-6-7-11-18(16)21-19(13)12-17(14(2)20-21)15-8-4-3-5-9-15/h3-12H,1-2H3. The van der Waals surface area contributed by atoms with Crippen molar-refractivity contribution in [1.82, 2.24) is 9.61 Å². The summed E-state index contributed by atoms with van der Waals surface area (Å²) < 4.78 is 2.06. The third-order valence-electron chi connectivity index (χ3n) is 4.15. The molecule has 0 radical (unpaired) electrons. The van der Waals surface area contributed by atoms with Crippen LogP contribution in [0, 0.1) is 13.8 Å². The average molecular weight is 272 g/mol. The molecular formula is C19H16N2. The van der Waals surface area contributed by atoms with Crippen LogP contribution in [-0.4, -0.2) is 9.61 Å². The van der Waals surface area contributed by atoms with Crippen LogP contribution in [0.1, 0.15) is 11.3 Å². The van der Waals surface area contributed by atoms with Crippen molar-refractivity contribution in [3.8, 4) is 11.1 Å². The Morgan fingerprint density at radius 2 is 1.52 bits per heavy atom. The van der Waals surface area contributed by atoms with E-state index in [-0.39, 0.29) is 0 Å². The second-order valence-corrected chi connectivity index (χ2v) is 5.45. The van der Waals surface area contributed by atoms with Crippen molar-refractivity contribution < 1.29 is 0 Å². The van der Waals surface area contributed by atoms with Crippen LogP contribution in [0.15, 0.2) is 60.7 Å². The first kappa shape index (κ1) is 12.2. The second-order valence-electron chi connectivity index (χ2n) is 5.45. The molecule has 0 saturated heterocycles. The predicted molar refractivity (Wildman–Crippen MR) is 87.6 cm³/mol. The van der Waals surface area contributed by atoms with Crippen LogP contribution < -0.4 is 0 Å². The van der Waals surface area contributed by atoms with Crippen molar-refractivity contribution in [1.29, 1.82) is 0 Å². The van der Waals surface area contributed by atoms with Crippen molar-refractivity contribution in [3.05, 3.63) is 71.9 Å². The van der Waals surface area contributed by atoms with Gasteiger partial charge in [0, 0.05) is 10.9 Å². The van der Waals surface area contributed by atoms with Gasteiger partial charge >= 0.3 is 0 Å². The number of fused-ring (bicyclic) bond motifs is 3. The maximum Gasteiger partial charge on any atom is 0.0728 e. The molecule has 2 aromatic heterocycles. The molecule has 2 nitrogen and oxygen atoms in total. The smallest absolute Gasteiger partial charge is 0.0728 e. The minimum Gasteiger partial charge on any atom is -0.233 e. The highest BCUT2D eigenvalue weighted by molar-refractivity contribution is 5.92. The van der Waals surface area contributed by atoms with Crippen molar-refractivity contribution in [3.63, 3.8) is 0 Å². The summed E-state index contributed by atoms with van der Waals surface area (Å²) in [4.78, 5) is 0. The lowest BCUT2D eigenvalue weighted by atomic mass is 10.0. The average Bonchev–Trinajstić information content (AvgIpc) is 2.80. The van der Waals surface area contributed by atoms with Gasteiger partial charge in [-0.2, -0.15) is 5.10 Å². The summed E-state index contributed by atoms with van der Waals surface area (Å²) in [5.41, 5.74) is 7.11. The highest BCUT2D eigenvalue weighted by Gasteiger charge is 2.12. The van der Waals surface area contributed by atoms with Gasteiger partial charge in [-0.25, -0.2) is 4.52 Å². The first-order chi connectivity index (χ1) is 10.3. The molecular weight excluding hydrogens is 256 g/mol. The molecule has 0 fully saturated rings. The van der Waals surface area contributed by atoms with Gasteiger partial charge < -0.3 is 0 Å². The summed E-state index contributed by atoms with van der Waals surface area (Å²) in [5, 5.41) is 6.09. The van der Waals surface area contributed by atoms with Crippen LogP contribution in [-0.2, 0) is 0 Å². The Balaban J connectivity index is 2.11. The molecule has 2 heteroatoms. The zero-order valence-electron chi connectivity index (χ0n) is 12.2. The summed E-state index contributed by atoms with van der Waals surface area (Å²) in [7, 11) is 0. The number of aromatic nitrogens is 2. The van der Waals surface area contributed by atoms with E-state index in [4.69, 9.17) is 5.10 Å². The fourth-order valence-electron chi connectivity index (χ4n) is 3.03. The quantitative estimate of drug-likeness (QED) is 0.488. The number of aryl methyl sites for hydroxylation is 2. The summed E-state index contributed by atoms with van der Waals surface area (Å²) >= 11 is 0. The SMILES string of the molecule is Cc1nn2c(cc1-c1ccccc1)c(C)c1ccccc12. The number of hydrogen-bond acceptors (Lipinski definition) is 1. The third kappa shape index (κ3) is 1.76. The van der Waals surface area contributed by atoms with Gasteiger partial charge in [0.2, 0.25) is 0 Å². The van der Waals surface area contributed by atoms with Gasteiger partial charge in [-0.1, -0.05) is 48.5 Å². The minimum absolute atomic E-state index is 1.05. The van der Waals surface area contributed by atoms with Gasteiger partial charge in [0.25, 0.3) is 0 Å². The van der Waals surface area contributed by atoms with E-state index in [1.807, 2.05) is 6.07 Å². The first-order valence-corrected chi connectivity index (χ1v) is 7.19. The molecule has 0 bridgehead atoms. The molecule has 0 spiro atoms. The van der Waals surface area contributed by atoms with Gasteiger partial charge in [-0.3, -0.25) is 0 Å². The molecule has 2 heterocycles. The van der Waals surface area contributed by atoms with Crippen LogP contribution in [0.4, 0.5) is 0 Å². The van der Waals surface area contributed by atoms with Crippen molar-refractivity contribution in [2.45, 2.75) is 13.8 Å². The zero-order chi connectivity index (χ0) is 14.4. The number of rotatable bonds is 1. The Morgan fingerprint density at radius 1 is 0.810 bits per heavy atom. The van der Waals surface area contributed by atoms with Crippen molar-refractivity contribution >= 4 is 16.4 Å². The molecule has 0 aliphatic carbocycles. The van der Waals surface area contributed by atoms with Crippen LogP contribution in [0.3, 0.4) is 0 Å². The minimum atomic E-state index is 1.05. The molecule has 0 atom stereocenters. The lowest BCUT2D eigenvalue weighted by Gasteiger charge is -2.07. The largest absolute Gasteiger partial charge is 0.233 e. The summed E-state index contributed by atoms with van der Waals surface area (Å²) in [5.74, 6) is 0. The maximum atomic E-state index is 4.82. The summed E-state index contributed by atoms with van der Waals surface area (Å²) in [6.07, 6.45) is 0. The van der Waals surface area contributed by atoms with E-state index in [9.17, 15) is 0 Å². The Hall–Kier alpha value is -2.61. The number of nitrogens with zero attached hydrogens (tertiary/aromatic N) is 2. The van der Waals surface area contributed by atoms with E-state index < -0.39 is 0 Å². The van der Waals surface area contributed by atoms with Crippen LogP contribution in [0.2, 0.25) is 0 Å². The monoisotopic (exact) mass is 272 g/mol. The maximum absolute atomic E-state index is 4.82. The third-order valence-corrected chi connectivity index (χ3v) is 4.15. The molecule has 4 rings (SSSR count). The highest BCUT2D eigenvalue weighted by atomic mass is 15.2. The number of hydrogen-bond donors (Lipinski definition) is 0. The van der Waals surface area contributed by atoms with Gasteiger partial charge in [-0.05, 0) is 37.1 Å². The molecule has 4 aromatic rings. The molecule has 0 unspecified atom stereocenters. The van der Waals surface area contributed by atoms with E-state index in [1.54, 1.807) is 0 Å². The van der Waals surface area contributed by atoms with Gasteiger partial charge in [0.05, 0.1) is 16.7 Å². The summed E-state index contributed by atoms with van der Waals surface area (Å²) in [6, 6.07) is 21.2. The topological polar surface area (TPSA) is 17.3 Å². The fourth-order valence-corrected chi connectivity index (χ4v) is 3.03. The van der Waals surface area contributed by atoms with E-state index in [2.05, 4.69) is 73.0 Å². The highest BCUT2D eigenvalue weighted by Crippen LogP contribution is 2.30. The molecule has 0 aliphatic heterocycles. The van der Waals surface area contributed by atoms with E-state index in [1.165, 1.54) is 33.1 Å². The Morgan fingerprint density at radius 3 is 2.33 bits per heavy atom. The fraction of sp³-hybridized carbons (Fsp3) is 0.105. The lowest BCUT2D eigenvalue weighted by Crippen LogP contribution is -1.97. The molecule has 0 saturated carbocycles. The van der Waals surface area contributed by atoms with Crippen LogP contribution in [0.5, 0.6) is 0 Å². The second kappa shape index (κ2) is 4.45. The van der Waals surface area contributed by atoms with Gasteiger partial charge in [-0.15, -0.1) is 0 Å². The lowest BCUT2D eigenvalue weighted by molar-refractivity contribution is 0.935. The van der Waals surface area contributed by atoms with E-state index in [0.717, 1.165) is 5.69 Å². The predicted octanol–water partition coefficient (Wildman–Crippen LogP) is 4.77. The van der Waals surface area contributed by atoms with E-state index >= 15 is 0 Å². The Labute approximate surface area is 123 Å². The molecule has 102 valence electrons. The number of para-hydroxylation sites is 1. The van der Waals surface area contributed by atoms with Gasteiger partial charge in [0.1, 0.15) is 0 Å². The molecule has 0 N–H and O–H groups in total. The molecule has 21 heavy (non-hydrogen) atoms. The van der Waals surface area contributed by atoms with E-state index in [0.29, 0.717) is 0 Å². The van der Waals surface area contributed by atoms with Gasteiger partial charge in [0.15, 0.2) is 0 Å². The van der Waals surface area contributed by atoms with Crippen molar-refractivity contribution in [2.24, 2.45) is 0 Å².